The largest absolute Gasteiger partial charge is 0.507 e. The summed E-state index contributed by atoms with van der Waals surface area (Å²) in [6, 6.07) is 3.28. The fraction of sp³-hybridized carbons (Fsp3) is 0.111. The number of carbonyl (C=O) groups is 1. The minimum atomic E-state index is -0.265. The Morgan fingerprint density at radius 3 is 2.83 bits per heavy atom. The van der Waals surface area contributed by atoms with Crippen LogP contribution < -0.4 is 0 Å². The van der Waals surface area contributed by atoms with Crippen molar-refractivity contribution in [2.75, 3.05) is 0 Å². The molecule has 0 radical (unpaired) electrons. The minimum absolute atomic E-state index is 0.116. The summed E-state index contributed by atoms with van der Waals surface area (Å²) in [6.07, 6.45) is 1.40. The van der Waals surface area contributed by atoms with Crippen LogP contribution in [0, 0.1) is 6.92 Å². The summed E-state index contributed by atoms with van der Waals surface area (Å²) >= 11 is 0. The van der Waals surface area contributed by atoms with Crippen LogP contribution in [0.2, 0.25) is 0 Å². The van der Waals surface area contributed by atoms with Crippen LogP contribution >= 0.6 is 0 Å². The molecule has 1 aromatic rings. The second kappa shape index (κ2) is 2.17. The number of hydrogen-bond acceptors (Lipinski definition) is 2. The number of nitrogens with zero attached hydrogens (tertiary/aromatic N) is 1. The van der Waals surface area contributed by atoms with Gasteiger partial charge in [-0.05, 0) is 18.6 Å². The Bertz CT molecular complexity index is 394. The molecule has 1 heterocycles. The van der Waals surface area contributed by atoms with Gasteiger partial charge in [-0.25, -0.2) is 4.99 Å². The zero-order chi connectivity index (χ0) is 8.72. The van der Waals surface area contributed by atoms with Gasteiger partial charge in [0, 0.05) is 11.8 Å². The number of benzene rings is 1. The highest BCUT2D eigenvalue weighted by Gasteiger charge is 2.20. The molecule has 0 bridgehead atoms. The summed E-state index contributed by atoms with van der Waals surface area (Å²) in [5.74, 6) is -0.149. The molecule has 0 atom stereocenters. The smallest absolute Gasteiger partial charge is 0.278 e. The van der Waals surface area contributed by atoms with Gasteiger partial charge in [0.05, 0.1) is 5.56 Å². The molecule has 0 aromatic heterocycles. The van der Waals surface area contributed by atoms with Crippen molar-refractivity contribution in [1.82, 2.24) is 0 Å². The lowest BCUT2D eigenvalue weighted by Gasteiger charge is -2.01. The van der Waals surface area contributed by atoms with Crippen molar-refractivity contribution in [2.24, 2.45) is 4.99 Å². The Labute approximate surface area is 69.4 Å². The first kappa shape index (κ1) is 7.03. The Balaban J connectivity index is 2.79. The molecule has 0 fully saturated rings. The maximum Gasteiger partial charge on any atom is 0.278 e. The molecule has 0 saturated heterocycles. The third-order valence-electron chi connectivity index (χ3n) is 1.96. The zero-order valence-electron chi connectivity index (χ0n) is 6.53. The molecule has 1 aliphatic rings. The van der Waals surface area contributed by atoms with Crippen LogP contribution in [-0.2, 0) is 0 Å². The number of phenolic OH excluding ortho intramolecular Hbond substituents is 1. The Kier molecular flexibility index (Phi) is 1.27. The fourth-order valence-electron chi connectivity index (χ4n) is 1.32. The standard InChI is InChI=1S/C9H7NO2/c1-5-2-3-7(11)6-4-10-9(12)8(5)6/h2-4,11H,1H3. The molecular weight excluding hydrogens is 154 g/mol. The number of rotatable bonds is 0. The lowest BCUT2D eigenvalue weighted by molar-refractivity contribution is 0.101. The molecule has 60 valence electrons. The number of aromatic hydroxyl groups is 1. The number of aliphatic imine (C=N–C) groups is 1. The number of phenols is 1. The van der Waals surface area contributed by atoms with Crippen molar-refractivity contribution < 1.29 is 9.90 Å². The third kappa shape index (κ3) is 0.763. The molecule has 0 saturated carbocycles. The maximum absolute atomic E-state index is 11.1. The summed E-state index contributed by atoms with van der Waals surface area (Å²) in [5.41, 5.74) is 1.92. The van der Waals surface area contributed by atoms with Gasteiger partial charge < -0.3 is 5.11 Å². The summed E-state index contributed by atoms with van der Waals surface area (Å²) in [5, 5.41) is 9.33. The summed E-state index contributed by atoms with van der Waals surface area (Å²) in [6.45, 7) is 1.82. The van der Waals surface area contributed by atoms with E-state index in [1.54, 1.807) is 12.1 Å². The number of amides is 1. The van der Waals surface area contributed by atoms with Crippen LogP contribution in [0.4, 0.5) is 0 Å². The highest BCUT2D eigenvalue weighted by molar-refractivity contribution is 6.14. The third-order valence-corrected chi connectivity index (χ3v) is 1.96. The van der Waals surface area contributed by atoms with E-state index in [2.05, 4.69) is 4.99 Å². The summed E-state index contributed by atoms with van der Waals surface area (Å²) in [7, 11) is 0. The topological polar surface area (TPSA) is 49.7 Å². The number of fused-ring (bicyclic) bond motifs is 1. The normalized spacial score (nSPS) is 13.6. The second-order valence-corrected chi connectivity index (χ2v) is 2.75. The van der Waals surface area contributed by atoms with E-state index >= 15 is 0 Å². The quantitative estimate of drug-likeness (QED) is 0.623. The van der Waals surface area contributed by atoms with Crippen molar-refractivity contribution >= 4 is 12.1 Å². The molecular formula is C9H7NO2. The highest BCUT2D eigenvalue weighted by atomic mass is 16.3. The average molecular weight is 161 g/mol. The SMILES string of the molecule is Cc1ccc(O)c2c1C(=O)N=C2. The summed E-state index contributed by atoms with van der Waals surface area (Å²) < 4.78 is 0. The van der Waals surface area contributed by atoms with Crippen LogP contribution in [0.5, 0.6) is 5.75 Å². The van der Waals surface area contributed by atoms with E-state index in [9.17, 15) is 9.90 Å². The maximum atomic E-state index is 11.1. The molecule has 3 nitrogen and oxygen atoms in total. The van der Waals surface area contributed by atoms with Gasteiger partial charge in [-0.1, -0.05) is 6.07 Å². The van der Waals surface area contributed by atoms with Gasteiger partial charge in [-0.15, -0.1) is 0 Å². The van der Waals surface area contributed by atoms with Crippen LogP contribution in [0.15, 0.2) is 17.1 Å². The van der Waals surface area contributed by atoms with Gasteiger partial charge in [0.15, 0.2) is 0 Å². The van der Waals surface area contributed by atoms with E-state index in [0.29, 0.717) is 11.1 Å². The molecule has 1 aliphatic heterocycles. The predicted molar refractivity (Wildman–Crippen MR) is 44.8 cm³/mol. The molecule has 3 heteroatoms. The van der Waals surface area contributed by atoms with E-state index in [1.807, 2.05) is 6.92 Å². The van der Waals surface area contributed by atoms with Crippen LogP contribution in [-0.4, -0.2) is 17.2 Å². The van der Waals surface area contributed by atoms with Gasteiger partial charge in [0.2, 0.25) is 0 Å². The second-order valence-electron chi connectivity index (χ2n) is 2.75. The molecule has 2 rings (SSSR count). The van der Waals surface area contributed by atoms with E-state index < -0.39 is 0 Å². The highest BCUT2D eigenvalue weighted by Crippen LogP contribution is 2.26. The monoisotopic (exact) mass is 161 g/mol. The first-order valence-electron chi connectivity index (χ1n) is 3.61. The van der Waals surface area contributed by atoms with Gasteiger partial charge in [-0.3, -0.25) is 4.79 Å². The van der Waals surface area contributed by atoms with Crippen molar-refractivity contribution in [3.05, 3.63) is 28.8 Å². The molecule has 12 heavy (non-hydrogen) atoms. The van der Waals surface area contributed by atoms with E-state index in [0.717, 1.165) is 5.56 Å². The lowest BCUT2D eigenvalue weighted by atomic mass is 10.0. The molecule has 0 spiro atoms. The molecule has 1 aromatic carbocycles. The lowest BCUT2D eigenvalue weighted by Crippen LogP contribution is -1.95. The fourth-order valence-corrected chi connectivity index (χ4v) is 1.32. The molecule has 0 unspecified atom stereocenters. The van der Waals surface area contributed by atoms with E-state index in [-0.39, 0.29) is 11.7 Å². The van der Waals surface area contributed by atoms with Crippen molar-refractivity contribution in [1.29, 1.82) is 0 Å². The Morgan fingerprint density at radius 2 is 2.17 bits per heavy atom. The Morgan fingerprint density at radius 1 is 1.42 bits per heavy atom. The van der Waals surface area contributed by atoms with Gasteiger partial charge in [-0.2, -0.15) is 0 Å². The first-order chi connectivity index (χ1) is 5.70. The van der Waals surface area contributed by atoms with E-state index in [1.165, 1.54) is 6.21 Å². The average Bonchev–Trinajstić information content (AvgIpc) is 2.42. The van der Waals surface area contributed by atoms with Gasteiger partial charge in [0.1, 0.15) is 5.75 Å². The predicted octanol–water partition coefficient (Wildman–Crippen LogP) is 1.27. The zero-order valence-corrected chi connectivity index (χ0v) is 6.53. The van der Waals surface area contributed by atoms with Crippen molar-refractivity contribution in [3.8, 4) is 5.75 Å². The first-order valence-corrected chi connectivity index (χ1v) is 3.61. The van der Waals surface area contributed by atoms with Gasteiger partial charge >= 0.3 is 0 Å². The summed E-state index contributed by atoms with van der Waals surface area (Å²) in [4.78, 5) is 14.7. The molecule has 0 aliphatic carbocycles. The Hall–Kier alpha value is -1.64. The van der Waals surface area contributed by atoms with Crippen LogP contribution in [0.1, 0.15) is 21.5 Å². The number of aryl methyl sites for hydroxylation is 1. The van der Waals surface area contributed by atoms with E-state index in [4.69, 9.17) is 0 Å². The van der Waals surface area contributed by atoms with Crippen molar-refractivity contribution in [3.63, 3.8) is 0 Å². The van der Waals surface area contributed by atoms with Crippen molar-refractivity contribution in [2.45, 2.75) is 6.92 Å². The van der Waals surface area contributed by atoms with Crippen LogP contribution in [0.3, 0.4) is 0 Å². The number of carbonyl (C=O) groups excluding carboxylic acids is 1. The minimum Gasteiger partial charge on any atom is -0.507 e. The van der Waals surface area contributed by atoms with Crippen LogP contribution in [0.25, 0.3) is 0 Å². The molecule has 1 amide bonds. The molecule has 1 N–H and O–H groups in total. The number of hydrogen-bond donors (Lipinski definition) is 1. The van der Waals surface area contributed by atoms with Gasteiger partial charge in [0.25, 0.3) is 5.91 Å².